The normalized spacial score (nSPS) is 24.5. The van der Waals surface area contributed by atoms with Gasteiger partial charge in [-0.2, -0.15) is 0 Å². The highest BCUT2D eigenvalue weighted by Gasteiger charge is 2.58. The number of rotatable bonds is 20. The number of hydrogen-bond acceptors (Lipinski definition) is 14. The molecule has 15 nitrogen and oxygen atoms in total. The number of carbonyl (C=O) groups is 4. The number of benzene rings is 5. The number of hydrogen-bond donors (Lipinski definition) is 1. The third kappa shape index (κ3) is 14.6. The van der Waals surface area contributed by atoms with Crippen LogP contribution >= 0.6 is 34.8 Å². The molecule has 5 aromatic carbocycles. The van der Waals surface area contributed by atoms with E-state index >= 15 is 0 Å². The smallest absolute Gasteiger partial charge is 0.338 e. The Balaban J connectivity index is 1.33. The van der Waals surface area contributed by atoms with Crippen LogP contribution in [-0.2, 0) is 88.2 Å². The van der Waals surface area contributed by atoms with Gasteiger partial charge in [0.15, 0.2) is 30.9 Å². The number of esters is 3. The first-order valence-electron chi connectivity index (χ1n) is 22.3. The zero-order valence-corrected chi connectivity index (χ0v) is 40.4. The second-order valence-corrected chi connectivity index (χ2v) is 18.5. The Labute approximate surface area is 420 Å². The minimum Gasteiger partial charge on any atom is -0.467 e. The van der Waals surface area contributed by atoms with Gasteiger partial charge in [-0.15, -0.1) is 0 Å². The third-order valence-electron chi connectivity index (χ3n) is 11.2. The molecule has 1 amide bonds. The van der Waals surface area contributed by atoms with Gasteiger partial charge in [0.2, 0.25) is 0 Å². The fraction of sp³-hybridized carbons (Fsp3) is 0.346. The van der Waals surface area contributed by atoms with Crippen molar-refractivity contribution in [3.8, 4) is 0 Å². The Kier molecular flexibility index (Phi) is 19.2. The van der Waals surface area contributed by atoms with Crippen LogP contribution in [0, 0.1) is 0 Å². The van der Waals surface area contributed by atoms with Gasteiger partial charge in [-0.1, -0.05) is 174 Å². The lowest BCUT2D eigenvalue weighted by Gasteiger charge is -2.49. The van der Waals surface area contributed by atoms with Crippen LogP contribution in [0.1, 0.15) is 39.5 Å². The van der Waals surface area contributed by atoms with Gasteiger partial charge in [0.05, 0.1) is 45.7 Å². The van der Waals surface area contributed by atoms with Crippen molar-refractivity contribution in [3.63, 3.8) is 0 Å². The van der Waals surface area contributed by atoms with Gasteiger partial charge >= 0.3 is 17.9 Å². The Morgan fingerprint density at radius 3 is 1.54 bits per heavy atom. The van der Waals surface area contributed by atoms with Crippen LogP contribution in [-0.4, -0.2) is 103 Å². The third-order valence-corrected chi connectivity index (χ3v) is 11.7. The Bertz CT molecular complexity index is 2420. The van der Waals surface area contributed by atoms with Crippen molar-refractivity contribution >= 4 is 58.6 Å². The topological polar surface area (TPSA) is 173 Å². The number of nitrogens with one attached hydrogen (secondary N) is 1. The van der Waals surface area contributed by atoms with E-state index in [1.54, 1.807) is 30.3 Å². The molecule has 0 bridgehead atoms. The van der Waals surface area contributed by atoms with E-state index in [1.807, 2.05) is 121 Å². The van der Waals surface area contributed by atoms with Gasteiger partial charge in [-0.3, -0.25) is 9.59 Å². The SMILES string of the molecule is COC(=O)[C@@H]1O[C@@H](OCc2ccccc2)[C@H](OC(=O)c2ccccc2)[C@@H](OCc2ccccc2)[C@@H]1O[C@@H]1O[C@H](COCc2ccccc2)[C@H](OC(C)=O)[C@H](OCc2ccccc2)[C@H]1NC(=O)C(Cl)(Cl)Cl. The van der Waals surface area contributed by atoms with Crippen LogP contribution in [0.4, 0.5) is 0 Å². The van der Waals surface area contributed by atoms with Crippen LogP contribution in [0.2, 0.25) is 0 Å². The molecule has 70 heavy (non-hydrogen) atoms. The molecule has 0 aliphatic carbocycles. The number of methoxy groups -OCH3 is 1. The summed E-state index contributed by atoms with van der Waals surface area (Å²) in [7, 11) is 1.16. The molecule has 1 N–H and O–H groups in total. The van der Waals surface area contributed by atoms with E-state index in [2.05, 4.69) is 5.32 Å². The van der Waals surface area contributed by atoms with Crippen molar-refractivity contribution in [3.05, 3.63) is 179 Å². The molecule has 0 saturated carbocycles. The molecule has 0 spiro atoms. The van der Waals surface area contributed by atoms with E-state index in [0.717, 1.165) is 18.2 Å². The summed E-state index contributed by atoms with van der Waals surface area (Å²) in [6, 6.07) is 43.4. The molecule has 10 atom stereocenters. The first kappa shape index (κ1) is 52.4. The first-order chi connectivity index (χ1) is 33.9. The Morgan fingerprint density at radius 2 is 1.04 bits per heavy atom. The van der Waals surface area contributed by atoms with Gasteiger partial charge in [0.1, 0.15) is 30.5 Å². The van der Waals surface area contributed by atoms with Crippen molar-refractivity contribution < 1.29 is 66.5 Å². The molecule has 0 aromatic heterocycles. The molecule has 0 unspecified atom stereocenters. The van der Waals surface area contributed by atoms with Crippen LogP contribution in [0.3, 0.4) is 0 Å². The average molecular weight is 1020 g/mol. The molecule has 7 rings (SSSR count). The molecule has 5 aromatic rings. The van der Waals surface area contributed by atoms with E-state index in [4.69, 9.17) is 82.2 Å². The molecule has 2 fully saturated rings. The molecule has 2 saturated heterocycles. The average Bonchev–Trinajstić information content (AvgIpc) is 3.37. The standard InChI is InChI=1S/C52H52Cl3NO14/c1-33(57)66-41-39(32-62-28-34-18-8-3-9-19-34)67-49(40(56-51(60)52(53,54)55)42(41)63-29-35-20-10-4-11-21-35)69-44-43(64-30-36-22-12-5-13-23-36)46(68-47(58)38-26-16-7-17-27-38)50(70-45(44)48(59)61-2)65-31-37-24-14-6-15-25-37/h3-27,39-46,49-50H,28-32H2,1-2H3,(H,56,60)/t39-,40-,41+,42-,43+,44+,45-,46-,49+,50-/m1/s1. The maximum Gasteiger partial charge on any atom is 0.338 e. The zero-order valence-electron chi connectivity index (χ0n) is 38.1. The highest BCUT2D eigenvalue weighted by atomic mass is 35.6. The van der Waals surface area contributed by atoms with Crippen molar-refractivity contribution in [1.29, 1.82) is 0 Å². The molecule has 2 aliphatic heterocycles. The maximum atomic E-state index is 14.1. The van der Waals surface area contributed by atoms with Gasteiger partial charge in [-0.05, 0) is 34.4 Å². The van der Waals surface area contributed by atoms with Crippen LogP contribution in [0.15, 0.2) is 152 Å². The first-order valence-corrected chi connectivity index (χ1v) is 23.4. The molecular weight excluding hydrogens is 969 g/mol. The summed E-state index contributed by atoms with van der Waals surface area (Å²) in [5.74, 6) is -3.55. The van der Waals surface area contributed by atoms with E-state index < -0.39 is 89.0 Å². The quantitative estimate of drug-likeness (QED) is 0.0459. The van der Waals surface area contributed by atoms with E-state index in [-0.39, 0.29) is 38.6 Å². The van der Waals surface area contributed by atoms with E-state index in [0.29, 0.717) is 11.1 Å². The second kappa shape index (κ2) is 25.6. The van der Waals surface area contributed by atoms with Crippen LogP contribution in [0.25, 0.3) is 0 Å². The Morgan fingerprint density at radius 1 is 0.557 bits per heavy atom. The van der Waals surface area contributed by atoms with Gasteiger partial charge in [0, 0.05) is 6.92 Å². The molecule has 18 heteroatoms. The lowest BCUT2D eigenvalue weighted by molar-refractivity contribution is -0.349. The summed E-state index contributed by atoms with van der Waals surface area (Å²) >= 11 is 18.5. The Hall–Kier alpha value is -5.43. The lowest BCUT2D eigenvalue weighted by atomic mass is 9.94. The number of alkyl halides is 3. The van der Waals surface area contributed by atoms with Crippen molar-refractivity contribution in [2.24, 2.45) is 0 Å². The lowest BCUT2D eigenvalue weighted by Crippen LogP contribution is -2.70. The van der Waals surface area contributed by atoms with E-state index in [9.17, 15) is 19.2 Å². The zero-order chi connectivity index (χ0) is 49.5. The van der Waals surface area contributed by atoms with Crippen molar-refractivity contribution in [1.82, 2.24) is 5.32 Å². The molecule has 0 radical (unpaired) electrons. The summed E-state index contributed by atoms with van der Waals surface area (Å²) in [5, 5.41) is 2.68. The minimum atomic E-state index is -2.54. The highest BCUT2D eigenvalue weighted by Crippen LogP contribution is 2.37. The van der Waals surface area contributed by atoms with Gasteiger partial charge < -0.3 is 52.7 Å². The highest BCUT2D eigenvalue weighted by molar-refractivity contribution is 6.76. The predicted molar refractivity (Wildman–Crippen MR) is 255 cm³/mol. The number of ether oxygens (including phenoxy) is 10. The van der Waals surface area contributed by atoms with Crippen LogP contribution in [0.5, 0.6) is 0 Å². The summed E-state index contributed by atoms with van der Waals surface area (Å²) in [4.78, 5) is 55.0. The summed E-state index contributed by atoms with van der Waals surface area (Å²) in [6.45, 7) is 0.884. The second-order valence-electron chi connectivity index (χ2n) is 16.2. The predicted octanol–water partition coefficient (Wildman–Crippen LogP) is 7.61. The molecular formula is C52H52Cl3NO14. The molecule has 2 aliphatic rings. The van der Waals surface area contributed by atoms with Gasteiger partial charge in [0.25, 0.3) is 9.70 Å². The molecule has 370 valence electrons. The van der Waals surface area contributed by atoms with E-state index in [1.165, 1.54) is 6.92 Å². The summed E-state index contributed by atoms with van der Waals surface area (Å²) in [5.41, 5.74) is 3.17. The van der Waals surface area contributed by atoms with Gasteiger partial charge in [-0.25, -0.2) is 9.59 Å². The monoisotopic (exact) mass is 1020 g/mol. The van der Waals surface area contributed by atoms with Crippen LogP contribution < -0.4 is 5.32 Å². The fourth-order valence-electron chi connectivity index (χ4n) is 7.86. The minimum absolute atomic E-state index is 0.0464. The number of halogens is 3. The van der Waals surface area contributed by atoms with Crippen molar-refractivity contribution in [2.75, 3.05) is 13.7 Å². The summed E-state index contributed by atoms with van der Waals surface area (Å²) in [6.07, 6.45) is -13.2. The fourth-order valence-corrected chi connectivity index (χ4v) is 8.02. The largest absolute Gasteiger partial charge is 0.467 e. The number of amides is 1. The summed E-state index contributed by atoms with van der Waals surface area (Å²) < 4.78 is 60.9. The van der Waals surface area contributed by atoms with Crippen molar-refractivity contribution in [2.45, 2.75) is 98.5 Å². The molecule has 2 heterocycles. The number of carbonyl (C=O) groups excluding carboxylic acids is 4. The maximum absolute atomic E-state index is 14.1.